The monoisotopic (exact) mass is 162 g/mol. The molecule has 3 rings (SSSR count). The molecule has 5 nitrogen and oxygen atoms in total. The first-order chi connectivity index (χ1) is 5.79. The van der Waals surface area contributed by atoms with Crippen molar-refractivity contribution in [3.63, 3.8) is 0 Å². The molecule has 58 valence electrons. The minimum absolute atomic E-state index is 0.0427. The molecule has 0 aliphatic rings. The lowest BCUT2D eigenvalue weighted by molar-refractivity contribution is -0.782. The summed E-state index contributed by atoms with van der Waals surface area (Å²) in [5, 5.41) is 15.5. The van der Waals surface area contributed by atoms with Gasteiger partial charge in [0.25, 0.3) is 5.52 Å². The fourth-order valence-electron chi connectivity index (χ4n) is 1.31. The van der Waals surface area contributed by atoms with Crippen molar-refractivity contribution in [1.29, 1.82) is 0 Å². The standard InChI is InChI=1S/C7H2N2O3/c10-7-3-1-2-4-6(5(3)7)8-12-9(4)11/h1-2H. The highest BCUT2D eigenvalue weighted by molar-refractivity contribution is 6.12. The van der Waals surface area contributed by atoms with Crippen LogP contribution in [0.1, 0.15) is 0 Å². The van der Waals surface area contributed by atoms with Gasteiger partial charge in [-0.25, -0.2) is 0 Å². The van der Waals surface area contributed by atoms with Gasteiger partial charge in [-0.15, -0.1) is 0 Å². The van der Waals surface area contributed by atoms with Crippen molar-refractivity contribution in [3.8, 4) is 0 Å². The molecule has 0 aliphatic carbocycles. The SMILES string of the molecule is O=c1c2ccc3c(no[n+]3[O-])c12. The van der Waals surface area contributed by atoms with Gasteiger partial charge in [-0.3, -0.25) is 9.42 Å². The lowest BCUT2D eigenvalue weighted by Gasteiger charge is -1.81. The summed E-state index contributed by atoms with van der Waals surface area (Å²) in [6.07, 6.45) is 0. The van der Waals surface area contributed by atoms with E-state index in [1.165, 1.54) is 6.07 Å². The second kappa shape index (κ2) is 1.47. The summed E-state index contributed by atoms with van der Waals surface area (Å²) in [5.74, 6) is 0. The van der Waals surface area contributed by atoms with Crippen LogP contribution in [-0.4, -0.2) is 5.16 Å². The molecule has 0 radical (unpaired) electrons. The Hall–Kier alpha value is -1.91. The minimum Gasteiger partial charge on any atom is -0.359 e. The molecular weight excluding hydrogens is 160 g/mol. The van der Waals surface area contributed by atoms with Gasteiger partial charge in [0.2, 0.25) is 5.52 Å². The molecule has 0 bridgehead atoms. The third kappa shape index (κ3) is 0.449. The zero-order chi connectivity index (χ0) is 8.29. The Morgan fingerprint density at radius 1 is 1.50 bits per heavy atom. The van der Waals surface area contributed by atoms with Gasteiger partial charge < -0.3 is 5.21 Å². The van der Waals surface area contributed by atoms with Gasteiger partial charge in [0.1, 0.15) is 0 Å². The molecule has 1 aromatic heterocycles. The maximum absolute atomic E-state index is 11.0. The van der Waals surface area contributed by atoms with E-state index in [2.05, 4.69) is 9.79 Å². The van der Waals surface area contributed by atoms with Crippen LogP contribution in [0.4, 0.5) is 0 Å². The molecule has 0 aliphatic heterocycles. The molecule has 2 aromatic carbocycles. The highest BCUT2D eigenvalue weighted by Gasteiger charge is 2.23. The van der Waals surface area contributed by atoms with Gasteiger partial charge in [-0.2, -0.15) is 0 Å². The molecule has 0 saturated carbocycles. The van der Waals surface area contributed by atoms with Gasteiger partial charge in [0.05, 0.1) is 5.39 Å². The number of aromatic nitrogens is 2. The Kier molecular flexibility index (Phi) is 0.701. The Morgan fingerprint density at radius 2 is 2.33 bits per heavy atom. The van der Waals surface area contributed by atoms with Crippen LogP contribution in [0.3, 0.4) is 0 Å². The summed E-state index contributed by atoms with van der Waals surface area (Å²) < 4.78 is 4.34. The molecule has 3 aromatic rings. The average Bonchev–Trinajstić information content (AvgIpc) is 2.57. The molecule has 0 saturated heterocycles. The van der Waals surface area contributed by atoms with Gasteiger partial charge in [0, 0.05) is 10.5 Å². The van der Waals surface area contributed by atoms with E-state index in [1.54, 1.807) is 6.07 Å². The summed E-state index contributed by atoms with van der Waals surface area (Å²) in [6.45, 7) is 0. The van der Waals surface area contributed by atoms with Crippen molar-refractivity contribution in [3.05, 3.63) is 27.6 Å². The Balaban J connectivity index is 2.69. The summed E-state index contributed by atoms with van der Waals surface area (Å²) >= 11 is 0. The van der Waals surface area contributed by atoms with Crippen LogP contribution in [0.25, 0.3) is 21.8 Å². The maximum atomic E-state index is 11.0. The lowest BCUT2D eigenvalue weighted by atomic mass is 10.3. The minimum atomic E-state index is -0.0427. The van der Waals surface area contributed by atoms with Crippen molar-refractivity contribution in [2.24, 2.45) is 0 Å². The molecule has 5 heteroatoms. The molecule has 0 atom stereocenters. The normalized spacial score (nSPS) is 12.0. The number of nitrogens with zero attached hydrogens (tertiary/aromatic N) is 2. The van der Waals surface area contributed by atoms with Crippen molar-refractivity contribution >= 4 is 21.8 Å². The molecule has 0 N–H and O–H groups in total. The second-order valence-corrected chi connectivity index (χ2v) is 2.62. The molecule has 0 fully saturated rings. The Labute approximate surface area is 65.0 Å². The van der Waals surface area contributed by atoms with E-state index in [0.717, 1.165) is 0 Å². The first kappa shape index (κ1) is 5.70. The zero-order valence-corrected chi connectivity index (χ0v) is 5.77. The van der Waals surface area contributed by atoms with E-state index in [-0.39, 0.29) is 5.43 Å². The maximum Gasteiger partial charge on any atom is 0.260 e. The van der Waals surface area contributed by atoms with E-state index in [4.69, 9.17) is 0 Å². The summed E-state index contributed by atoms with van der Waals surface area (Å²) in [5.41, 5.74) is 0.631. The van der Waals surface area contributed by atoms with Crippen LogP contribution in [-0.2, 0) is 0 Å². The van der Waals surface area contributed by atoms with E-state index >= 15 is 0 Å². The first-order valence-electron chi connectivity index (χ1n) is 3.36. The van der Waals surface area contributed by atoms with Crippen molar-refractivity contribution < 1.29 is 9.53 Å². The summed E-state index contributed by atoms with van der Waals surface area (Å²) in [7, 11) is 0. The third-order valence-electron chi connectivity index (χ3n) is 1.97. The Bertz CT molecular complexity index is 600. The smallest absolute Gasteiger partial charge is 0.260 e. The first-order valence-corrected chi connectivity index (χ1v) is 3.36. The van der Waals surface area contributed by atoms with Gasteiger partial charge >= 0.3 is 0 Å². The molecule has 0 amide bonds. The van der Waals surface area contributed by atoms with Gasteiger partial charge in [-0.05, 0) is 17.0 Å². The quantitative estimate of drug-likeness (QED) is 0.431. The Morgan fingerprint density at radius 3 is 3.17 bits per heavy atom. The number of hydrogen-bond acceptors (Lipinski definition) is 4. The van der Waals surface area contributed by atoms with Crippen LogP contribution >= 0.6 is 0 Å². The fourth-order valence-corrected chi connectivity index (χ4v) is 1.31. The summed E-state index contributed by atoms with van der Waals surface area (Å²) in [6, 6.07) is 3.13. The predicted molar refractivity (Wildman–Crippen MR) is 39.1 cm³/mol. The molecule has 12 heavy (non-hydrogen) atoms. The highest BCUT2D eigenvalue weighted by atomic mass is 16.8. The molecule has 0 unspecified atom stereocenters. The molecular formula is C7H2N2O3. The average molecular weight is 162 g/mol. The van der Waals surface area contributed by atoms with Crippen LogP contribution in [0.5, 0.6) is 0 Å². The largest absolute Gasteiger partial charge is 0.359 e. The predicted octanol–water partition coefficient (Wildman–Crippen LogP) is -0.150. The van der Waals surface area contributed by atoms with E-state index < -0.39 is 0 Å². The van der Waals surface area contributed by atoms with E-state index in [1.807, 2.05) is 0 Å². The van der Waals surface area contributed by atoms with Crippen molar-refractivity contribution in [2.45, 2.75) is 0 Å². The summed E-state index contributed by atoms with van der Waals surface area (Å²) in [4.78, 5) is 11.3. The van der Waals surface area contributed by atoms with Gasteiger partial charge in [0.15, 0.2) is 5.43 Å². The number of benzene rings is 1. The van der Waals surface area contributed by atoms with Crippen LogP contribution < -0.4 is 10.3 Å². The highest BCUT2D eigenvalue weighted by Crippen LogP contribution is 2.22. The molecule has 0 spiro atoms. The van der Waals surface area contributed by atoms with Crippen LogP contribution in [0.2, 0.25) is 0 Å². The number of rotatable bonds is 0. The van der Waals surface area contributed by atoms with E-state index in [9.17, 15) is 10.0 Å². The van der Waals surface area contributed by atoms with E-state index in [0.29, 0.717) is 26.7 Å². The van der Waals surface area contributed by atoms with Gasteiger partial charge in [-0.1, -0.05) is 0 Å². The lowest BCUT2D eigenvalue weighted by Crippen LogP contribution is -2.22. The van der Waals surface area contributed by atoms with Crippen molar-refractivity contribution in [2.75, 3.05) is 0 Å². The van der Waals surface area contributed by atoms with Crippen LogP contribution in [0.15, 0.2) is 21.6 Å². The fraction of sp³-hybridized carbons (Fsp3) is 0. The number of fused-ring (bicyclic) bond motifs is 3. The second-order valence-electron chi connectivity index (χ2n) is 2.62. The van der Waals surface area contributed by atoms with Crippen LogP contribution in [0, 0.1) is 5.21 Å². The van der Waals surface area contributed by atoms with Crippen molar-refractivity contribution in [1.82, 2.24) is 5.16 Å². The molecule has 1 heterocycles. The number of hydrogen-bond donors (Lipinski definition) is 0. The zero-order valence-electron chi connectivity index (χ0n) is 5.77. The topological polar surface area (TPSA) is 70.0 Å². The third-order valence-corrected chi connectivity index (χ3v) is 1.97.